The van der Waals surface area contributed by atoms with Gasteiger partial charge in [0.25, 0.3) is 0 Å². The van der Waals surface area contributed by atoms with Crippen LogP contribution in [0.5, 0.6) is 0 Å². The molecule has 18 heavy (non-hydrogen) atoms. The van der Waals surface area contributed by atoms with Crippen LogP contribution in [0.4, 0.5) is 5.69 Å². The van der Waals surface area contributed by atoms with Gasteiger partial charge in [-0.2, -0.15) is 11.3 Å². The molecule has 0 bridgehead atoms. The van der Waals surface area contributed by atoms with Gasteiger partial charge in [0.15, 0.2) is 0 Å². The summed E-state index contributed by atoms with van der Waals surface area (Å²) in [5, 5.41) is 4.34. The number of morpholine rings is 1. The summed E-state index contributed by atoms with van der Waals surface area (Å²) in [6, 6.07) is 11.0. The summed E-state index contributed by atoms with van der Waals surface area (Å²) in [6.07, 6.45) is 0. The molecule has 0 unspecified atom stereocenters. The minimum atomic E-state index is 0.339. The Morgan fingerprint density at radius 2 is 2.06 bits per heavy atom. The molecule has 1 atom stereocenters. The van der Waals surface area contributed by atoms with Crippen molar-refractivity contribution in [3.63, 3.8) is 0 Å². The zero-order chi connectivity index (χ0) is 12.4. The Hall–Kier alpha value is -0.840. The van der Waals surface area contributed by atoms with Crippen molar-refractivity contribution in [2.24, 2.45) is 0 Å². The molecule has 0 spiro atoms. The Morgan fingerprint density at radius 1 is 1.22 bits per heavy atom. The maximum Gasteiger partial charge on any atom is 0.0785 e. The normalized spacial score (nSPS) is 20.1. The molecule has 1 saturated heterocycles. The van der Waals surface area contributed by atoms with E-state index < -0.39 is 0 Å². The molecular formula is C14H14BrNOS. The molecule has 1 fully saturated rings. The van der Waals surface area contributed by atoms with Gasteiger partial charge in [-0.15, -0.1) is 0 Å². The average Bonchev–Trinajstić information content (AvgIpc) is 2.93. The van der Waals surface area contributed by atoms with Crippen LogP contribution in [-0.2, 0) is 4.74 Å². The van der Waals surface area contributed by atoms with E-state index in [4.69, 9.17) is 4.74 Å². The van der Waals surface area contributed by atoms with Gasteiger partial charge in [-0.05, 0) is 46.7 Å². The fourth-order valence-electron chi connectivity index (χ4n) is 2.29. The smallest absolute Gasteiger partial charge is 0.0785 e. The number of hydrogen-bond donors (Lipinski definition) is 0. The fourth-order valence-corrected chi connectivity index (χ4v) is 3.26. The van der Waals surface area contributed by atoms with E-state index in [0.717, 1.165) is 24.2 Å². The summed E-state index contributed by atoms with van der Waals surface area (Å²) in [6.45, 7) is 2.52. The number of nitrogens with zero attached hydrogens (tertiary/aromatic N) is 1. The molecule has 2 heterocycles. The molecule has 2 aromatic rings. The first-order valence-electron chi connectivity index (χ1n) is 5.96. The van der Waals surface area contributed by atoms with Crippen molar-refractivity contribution in [2.75, 3.05) is 24.7 Å². The lowest BCUT2D eigenvalue weighted by atomic mass is 10.1. The van der Waals surface area contributed by atoms with E-state index in [-0.39, 0.29) is 0 Å². The van der Waals surface area contributed by atoms with Crippen molar-refractivity contribution in [3.05, 3.63) is 51.1 Å². The van der Waals surface area contributed by atoms with Crippen molar-refractivity contribution < 1.29 is 4.74 Å². The lowest BCUT2D eigenvalue weighted by molar-refractivity contribution is 0.0943. The van der Waals surface area contributed by atoms with E-state index in [2.05, 4.69) is 61.9 Å². The molecule has 0 amide bonds. The molecule has 1 aliphatic rings. The third-order valence-corrected chi connectivity index (χ3v) is 4.44. The number of hydrogen-bond acceptors (Lipinski definition) is 3. The van der Waals surface area contributed by atoms with Crippen molar-refractivity contribution in [3.8, 4) is 0 Å². The van der Waals surface area contributed by atoms with Gasteiger partial charge in [0.2, 0.25) is 0 Å². The molecule has 2 nitrogen and oxygen atoms in total. The number of benzene rings is 1. The van der Waals surface area contributed by atoms with Crippen LogP contribution in [0, 0.1) is 0 Å². The lowest BCUT2D eigenvalue weighted by Gasteiger charge is -2.37. The van der Waals surface area contributed by atoms with Gasteiger partial charge in [-0.25, -0.2) is 0 Å². The average molecular weight is 324 g/mol. The van der Waals surface area contributed by atoms with Gasteiger partial charge in [0.1, 0.15) is 0 Å². The third kappa shape index (κ3) is 2.46. The molecule has 94 valence electrons. The summed E-state index contributed by atoms with van der Waals surface area (Å²) < 4.78 is 6.75. The van der Waals surface area contributed by atoms with Gasteiger partial charge in [-0.1, -0.05) is 15.9 Å². The number of rotatable bonds is 2. The first-order chi connectivity index (χ1) is 8.84. The maximum atomic E-state index is 5.64. The second-order valence-corrected chi connectivity index (χ2v) is 6.01. The topological polar surface area (TPSA) is 12.5 Å². The fraction of sp³-hybridized carbons (Fsp3) is 0.286. The van der Waals surface area contributed by atoms with Gasteiger partial charge in [-0.3, -0.25) is 0 Å². The van der Waals surface area contributed by atoms with Crippen molar-refractivity contribution in [1.82, 2.24) is 0 Å². The SMILES string of the molecule is Brc1ccc(N2CCOC[C@H]2c2ccsc2)cc1. The molecule has 0 aliphatic carbocycles. The minimum absolute atomic E-state index is 0.339. The molecule has 0 radical (unpaired) electrons. The zero-order valence-electron chi connectivity index (χ0n) is 9.88. The monoisotopic (exact) mass is 323 g/mol. The summed E-state index contributed by atoms with van der Waals surface area (Å²) in [5.74, 6) is 0. The summed E-state index contributed by atoms with van der Waals surface area (Å²) >= 11 is 5.22. The van der Waals surface area contributed by atoms with E-state index in [1.807, 2.05) is 0 Å². The van der Waals surface area contributed by atoms with E-state index >= 15 is 0 Å². The van der Waals surface area contributed by atoms with Gasteiger partial charge in [0, 0.05) is 16.7 Å². The van der Waals surface area contributed by atoms with Gasteiger partial charge < -0.3 is 9.64 Å². The van der Waals surface area contributed by atoms with Gasteiger partial charge in [0.05, 0.1) is 19.3 Å². The zero-order valence-corrected chi connectivity index (χ0v) is 12.3. The van der Waals surface area contributed by atoms with Crippen LogP contribution in [0.15, 0.2) is 45.6 Å². The minimum Gasteiger partial charge on any atom is -0.377 e. The molecule has 0 saturated carbocycles. The van der Waals surface area contributed by atoms with Crippen LogP contribution < -0.4 is 4.90 Å². The summed E-state index contributed by atoms with van der Waals surface area (Å²) in [5.41, 5.74) is 2.61. The van der Waals surface area contributed by atoms with Crippen LogP contribution >= 0.6 is 27.3 Å². The molecule has 1 aromatic heterocycles. The largest absolute Gasteiger partial charge is 0.377 e. The van der Waals surface area contributed by atoms with Crippen molar-refractivity contribution in [1.29, 1.82) is 0 Å². The Kier molecular flexibility index (Phi) is 3.68. The Balaban J connectivity index is 1.90. The molecular weight excluding hydrogens is 310 g/mol. The number of thiophene rings is 1. The number of anilines is 1. The first kappa shape index (κ1) is 12.2. The van der Waals surface area contributed by atoms with Crippen LogP contribution in [0.1, 0.15) is 11.6 Å². The maximum absolute atomic E-state index is 5.64. The van der Waals surface area contributed by atoms with Crippen LogP contribution in [0.2, 0.25) is 0 Å². The molecule has 4 heteroatoms. The van der Waals surface area contributed by atoms with E-state index in [1.165, 1.54) is 11.3 Å². The predicted octanol–water partition coefficient (Wildman–Crippen LogP) is 4.09. The second kappa shape index (κ2) is 5.43. The highest BCUT2D eigenvalue weighted by molar-refractivity contribution is 9.10. The molecule has 1 aliphatic heterocycles. The van der Waals surface area contributed by atoms with Crippen molar-refractivity contribution in [2.45, 2.75) is 6.04 Å². The van der Waals surface area contributed by atoms with Crippen molar-refractivity contribution >= 4 is 33.0 Å². The Morgan fingerprint density at radius 3 is 2.78 bits per heavy atom. The number of halogens is 1. The molecule has 0 N–H and O–H groups in total. The summed E-state index contributed by atoms with van der Waals surface area (Å²) in [7, 11) is 0. The van der Waals surface area contributed by atoms with Crippen LogP contribution in [0.25, 0.3) is 0 Å². The highest BCUT2D eigenvalue weighted by atomic mass is 79.9. The summed E-state index contributed by atoms with van der Waals surface area (Å²) in [4.78, 5) is 2.43. The van der Waals surface area contributed by atoms with E-state index in [9.17, 15) is 0 Å². The highest BCUT2D eigenvalue weighted by Gasteiger charge is 2.24. The van der Waals surface area contributed by atoms with E-state index in [1.54, 1.807) is 11.3 Å². The number of ether oxygens (including phenoxy) is 1. The van der Waals surface area contributed by atoms with Gasteiger partial charge >= 0.3 is 0 Å². The first-order valence-corrected chi connectivity index (χ1v) is 7.70. The lowest BCUT2D eigenvalue weighted by Crippen LogP contribution is -2.39. The quantitative estimate of drug-likeness (QED) is 0.825. The van der Waals surface area contributed by atoms with Crippen LogP contribution in [-0.4, -0.2) is 19.8 Å². The Bertz CT molecular complexity index is 497. The molecule has 3 rings (SSSR count). The predicted molar refractivity (Wildman–Crippen MR) is 79.4 cm³/mol. The Labute approximate surface area is 119 Å². The van der Waals surface area contributed by atoms with Crippen LogP contribution in [0.3, 0.4) is 0 Å². The standard InChI is InChI=1S/C14H14BrNOS/c15-12-1-3-13(4-2-12)16-6-7-17-9-14(16)11-5-8-18-10-11/h1-5,8,10,14H,6-7,9H2/t14-/m0/s1. The van der Waals surface area contributed by atoms with E-state index in [0.29, 0.717) is 6.04 Å². The highest BCUT2D eigenvalue weighted by Crippen LogP contribution is 2.31. The third-order valence-electron chi connectivity index (χ3n) is 3.21. The molecule has 1 aromatic carbocycles. The second-order valence-electron chi connectivity index (χ2n) is 4.32.